The number of Topliss-reactive ketones (excluding diaryl/α,β-unsaturated/α-hetero) is 1. The molecule has 130 valence electrons. The first-order valence-corrected chi connectivity index (χ1v) is 10.3. The van der Waals surface area contributed by atoms with Gasteiger partial charge in [0.05, 0.1) is 21.5 Å². The lowest BCUT2D eigenvalue weighted by Gasteiger charge is -2.04. The smallest absolute Gasteiger partial charge is 0.337 e. The first-order chi connectivity index (χ1) is 12.5. The molecule has 4 nitrogen and oxygen atoms in total. The maximum absolute atomic E-state index is 12.6. The highest BCUT2D eigenvalue weighted by Gasteiger charge is 2.22. The Balaban J connectivity index is 1.68. The van der Waals surface area contributed by atoms with E-state index in [1.54, 1.807) is 11.3 Å². The number of carboxylic acid groups (broad SMARTS) is 1. The van der Waals surface area contributed by atoms with Crippen LogP contribution >= 0.6 is 38.6 Å². The third kappa shape index (κ3) is 3.13. The van der Waals surface area contributed by atoms with E-state index in [1.165, 1.54) is 11.3 Å². The van der Waals surface area contributed by atoms with Gasteiger partial charge in [-0.2, -0.15) is 0 Å². The van der Waals surface area contributed by atoms with Gasteiger partial charge in [0.25, 0.3) is 0 Å². The number of carbonyl (C=O) groups excluding carboxylic acids is 1. The number of nitrogens with one attached hydrogen (secondary N) is 1. The molecule has 0 radical (unpaired) electrons. The van der Waals surface area contributed by atoms with E-state index in [0.717, 1.165) is 20.3 Å². The van der Waals surface area contributed by atoms with Crippen LogP contribution in [0.4, 0.5) is 0 Å². The molecule has 0 spiro atoms. The lowest BCUT2D eigenvalue weighted by atomic mass is 10.0. The van der Waals surface area contributed by atoms with E-state index in [-0.39, 0.29) is 17.8 Å². The summed E-state index contributed by atoms with van der Waals surface area (Å²) in [6, 6.07) is 11.2. The van der Waals surface area contributed by atoms with Crippen LogP contribution in [0.25, 0.3) is 21.3 Å². The summed E-state index contributed by atoms with van der Waals surface area (Å²) in [5.41, 5.74) is 3.12. The quantitative estimate of drug-likeness (QED) is 0.378. The van der Waals surface area contributed by atoms with Crippen LogP contribution in [0.1, 0.15) is 25.7 Å². The summed E-state index contributed by atoms with van der Waals surface area (Å²) in [5, 5.41) is 13.5. The molecule has 4 aromatic rings. The van der Waals surface area contributed by atoms with E-state index in [4.69, 9.17) is 0 Å². The molecule has 26 heavy (non-hydrogen) atoms. The maximum Gasteiger partial charge on any atom is 0.337 e. The van der Waals surface area contributed by atoms with Crippen molar-refractivity contribution in [3.05, 3.63) is 67.8 Å². The molecular formula is C19H12BrNO3S2. The van der Waals surface area contributed by atoms with E-state index in [0.29, 0.717) is 16.1 Å². The standard InChI is InChI=1S/C19H12BrNO3S2/c20-11-3-1-10(2-4-11)12-9-26-17(18(12)19(23)24)8-15(22)14-7-16-13(21-14)5-6-25-16/h1-7,9,21H,8H2,(H,23,24). The first kappa shape index (κ1) is 17.2. The molecule has 0 fully saturated rings. The van der Waals surface area contributed by atoms with Crippen LogP contribution in [0, 0.1) is 0 Å². The number of halogens is 1. The van der Waals surface area contributed by atoms with E-state index in [2.05, 4.69) is 20.9 Å². The number of carboxylic acids is 1. The topological polar surface area (TPSA) is 70.2 Å². The highest BCUT2D eigenvalue weighted by Crippen LogP contribution is 2.33. The number of aromatic nitrogens is 1. The monoisotopic (exact) mass is 445 g/mol. The predicted octanol–water partition coefficient (Wildman–Crippen LogP) is 5.84. The lowest BCUT2D eigenvalue weighted by molar-refractivity contribution is 0.0697. The molecule has 0 amide bonds. The predicted molar refractivity (Wildman–Crippen MR) is 109 cm³/mol. The molecule has 1 aromatic carbocycles. The summed E-state index contributed by atoms with van der Waals surface area (Å²) in [4.78, 5) is 28.1. The molecule has 2 N–H and O–H groups in total. The molecule has 4 rings (SSSR count). The Kier molecular flexibility index (Phi) is 4.52. The molecule has 0 atom stereocenters. The van der Waals surface area contributed by atoms with Gasteiger partial charge in [0.1, 0.15) is 0 Å². The Hall–Kier alpha value is -2.22. The number of aromatic amines is 1. The van der Waals surface area contributed by atoms with Crippen molar-refractivity contribution in [3.8, 4) is 11.1 Å². The highest BCUT2D eigenvalue weighted by atomic mass is 79.9. The molecule has 0 bridgehead atoms. The molecular weight excluding hydrogens is 434 g/mol. The fraction of sp³-hybridized carbons (Fsp3) is 0.0526. The van der Waals surface area contributed by atoms with Crippen molar-refractivity contribution in [1.82, 2.24) is 4.98 Å². The highest BCUT2D eigenvalue weighted by molar-refractivity contribution is 9.10. The molecule has 7 heteroatoms. The van der Waals surface area contributed by atoms with Crippen molar-refractivity contribution in [2.24, 2.45) is 0 Å². The average molecular weight is 446 g/mol. The molecule has 0 saturated heterocycles. The third-order valence-electron chi connectivity index (χ3n) is 4.10. The zero-order valence-electron chi connectivity index (χ0n) is 13.3. The lowest BCUT2D eigenvalue weighted by Crippen LogP contribution is -2.07. The Bertz CT molecular complexity index is 1090. The number of benzene rings is 1. The van der Waals surface area contributed by atoms with E-state index in [9.17, 15) is 14.7 Å². The van der Waals surface area contributed by atoms with Gasteiger partial charge in [-0.25, -0.2) is 4.79 Å². The number of hydrogen-bond donors (Lipinski definition) is 2. The Labute approximate surface area is 165 Å². The molecule has 0 aliphatic carbocycles. The number of H-pyrrole nitrogens is 1. The van der Waals surface area contributed by atoms with Gasteiger partial charge in [0.15, 0.2) is 5.78 Å². The number of aromatic carboxylic acids is 1. The Morgan fingerprint density at radius 3 is 2.58 bits per heavy atom. The molecule has 0 unspecified atom stereocenters. The Morgan fingerprint density at radius 1 is 1.12 bits per heavy atom. The van der Waals surface area contributed by atoms with Gasteiger partial charge in [-0.05, 0) is 40.6 Å². The fourth-order valence-electron chi connectivity index (χ4n) is 2.84. The first-order valence-electron chi connectivity index (χ1n) is 7.72. The number of hydrogen-bond acceptors (Lipinski definition) is 4. The van der Waals surface area contributed by atoms with Gasteiger partial charge >= 0.3 is 5.97 Å². The summed E-state index contributed by atoms with van der Waals surface area (Å²) >= 11 is 6.25. The van der Waals surface area contributed by atoms with Crippen LogP contribution in [-0.4, -0.2) is 21.8 Å². The summed E-state index contributed by atoms with van der Waals surface area (Å²) in [6.07, 6.45) is 0.0661. The van der Waals surface area contributed by atoms with Crippen LogP contribution < -0.4 is 0 Å². The molecule has 0 aliphatic rings. The second kappa shape index (κ2) is 6.83. The summed E-state index contributed by atoms with van der Waals surface area (Å²) in [6.45, 7) is 0. The van der Waals surface area contributed by atoms with E-state index >= 15 is 0 Å². The third-order valence-corrected chi connectivity index (χ3v) is 6.48. The van der Waals surface area contributed by atoms with Gasteiger partial charge in [-0.3, -0.25) is 4.79 Å². The van der Waals surface area contributed by atoms with Crippen molar-refractivity contribution in [3.63, 3.8) is 0 Å². The van der Waals surface area contributed by atoms with Crippen molar-refractivity contribution in [2.45, 2.75) is 6.42 Å². The van der Waals surface area contributed by atoms with E-state index in [1.807, 2.05) is 47.2 Å². The Morgan fingerprint density at radius 2 is 1.88 bits per heavy atom. The summed E-state index contributed by atoms with van der Waals surface area (Å²) in [7, 11) is 0. The minimum absolute atomic E-state index is 0.0661. The van der Waals surface area contributed by atoms with Crippen molar-refractivity contribution >= 4 is 60.6 Å². The van der Waals surface area contributed by atoms with Crippen molar-refractivity contribution in [2.75, 3.05) is 0 Å². The maximum atomic E-state index is 12.6. The van der Waals surface area contributed by atoms with Crippen LogP contribution in [0.2, 0.25) is 0 Å². The second-order valence-electron chi connectivity index (χ2n) is 5.74. The van der Waals surface area contributed by atoms with Crippen molar-refractivity contribution in [1.29, 1.82) is 0 Å². The zero-order valence-corrected chi connectivity index (χ0v) is 16.5. The number of ketones is 1. The summed E-state index contributed by atoms with van der Waals surface area (Å²) < 4.78 is 1.95. The number of fused-ring (bicyclic) bond motifs is 1. The minimum atomic E-state index is -1.01. The zero-order chi connectivity index (χ0) is 18.3. The number of rotatable bonds is 5. The van der Waals surface area contributed by atoms with Crippen LogP contribution in [0.15, 0.2) is 51.6 Å². The van der Waals surface area contributed by atoms with Crippen LogP contribution in [0.3, 0.4) is 0 Å². The molecule has 3 heterocycles. The number of carbonyl (C=O) groups is 2. The van der Waals surface area contributed by atoms with Crippen LogP contribution in [0.5, 0.6) is 0 Å². The minimum Gasteiger partial charge on any atom is -0.478 e. The van der Waals surface area contributed by atoms with Gasteiger partial charge in [0.2, 0.25) is 0 Å². The van der Waals surface area contributed by atoms with Crippen LogP contribution in [-0.2, 0) is 6.42 Å². The fourth-order valence-corrected chi connectivity index (χ4v) is 4.93. The van der Waals surface area contributed by atoms with Gasteiger partial charge in [-0.15, -0.1) is 22.7 Å². The largest absolute Gasteiger partial charge is 0.478 e. The van der Waals surface area contributed by atoms with Crippen molar-refractivity contribution < 1.29 is 14.7 Å². The molecule has 0 saturated carbocycles. The average Bonchev–Trinajstić information content (AvgIpc) is 3.29. The normalized spacial score (nSPS) is 11.1. The SMILES string of the molecule is O=C(Cc1scc(-c2ccc(Br)cc2)c1C(=O)O)c1cc2sccc2[nH]1. The number of thiophene rings is 2. The van der Waals surface area contributed by atoms with Gasteiger partial charge in [-0.1, -0.05) is 28.1 Å². The molecule has 0 aliphatic heterocycles. The van der Waals surface area contributed by atoms with Gasteiger partial charge in [0, 0.05) is 21.3 Å². The van der Waals surface area contributed by atoms with Gasteiger partial charge < -0.3 is 10.1 Å². The molecule has 3 aromatic heterocycles. The van der Waals surface area contributed by atoms with E-state index < -0.39 is 5.97 Å². The second-order valence-corrected chi connectivity index (χ2v) is 8.57. The summed E-state index contributed by atoms with van der Waals surface area (Å²) in [5.74, 6) is -1.13.